The maximum absolute atomic E-state index is 12.0. The second-order valence-electron chi connectivity index (χ2n) is 5.84. The molecule has 1 amide bonds. The van der Waals surface area contributed by atoms with Crippen LogP contribution in [0.3, 0.4) is 0 Å². The molecule has 126 valence electrons. The lowest BCUT2D eigenvalue weighted by molar-refractivity contribution is -0.195. The molecule has 2 aromatic carbocycles. The van der Waals surface area contributed by atoms with Gasteiger partial charge in [0, 0.05) is 12.0 Å². The van der Waals surface area contributed by atoms with Gasteiger partial charge in [-0.05, 0) is 24.1 Å². The number of carbonyl (C=O) groups excluding carboxylic acids is 1. The molecule has 5 heteroatoms. The third-order valence-corrected chi connectivity index (χ3v) is 3.91. The van der Waals surface area contributed by atoms with Crippen molar-refractivity contribution in [2.45, 2.75) is 25.2 Å². The molecule has 2 N–H and O–H groups in total. The lowest BCUT2D eigenvalue weighted by atomic mass is 10.1. The summed E-state index contributed by atoms with van der Waals surface area (Å²) in [7, 11) is 0. The smallest absolute Gasteiger partial charge is 0.220 e. The molecule has 5 nitrogen and oxygen atoms in total. The second kappa shape index (κ2) is 7.95. The van der Waals surface area contributed by atoms with E-state index in [0.717, 1.165) is 17.5 Å². The molecule has 1 aliphatic heterocycles. The molecule has 0 unspecified atom stereocenters. The summed E-state index contributed by atoms with van der Waals surface area (Å²) in [5.74, 6) is 0.206. The topological polar surface area (TPSA) is 67.8 Å². The van der Waals surface area contributed by atoms with Crippen molar-refractivity contribution in [1.82, 2.24) is 5.32 Å². The number of amides is 1. The molecule has 0 bridgehead atoms. The Morgan fingerprint density at radius 2 is 1.71 bits per heavy atom. The van der Waals surface area contributed by atoms with Gasteiger partial charge in [0.1, 0.15) is 5.75 Å². The molecule has 1 fully saturated rings. The van der Waals surface area contributed by atoms with Crippen molar-refractivity contribution in [3.63, 3.8) is 0 Å². The van der Waals surface area contributed by atoms with Gasteiger partial charge >= 0.3 is 0 Å². The van der Waals surface area contributed by atoms with E-state index < -0.39 is 6.29 Å². The molecule has 0 aromatic heterocycles. The Kier molecular flexibility index (Phi) is 5.46. The molecule has 0 saturated carbocycles. The molecule has 1 aliphatic rings. The van der Waals surface area contributed by atoms with Gasteiger partial charge in [-0.2, -0.15) is 0 Å². The van der Waals surface area contributed by atoms with Crippen LogP contribution in [0.4, 0.5) is 0 Å². The summed E-state index contributed by atoms with van der Waals surface area (Å²) < 4.78 is 11.3. The molecule has 2 aromatic rings. The Balaban J connectivity index is 1.41. The van der Waals surface area contributed by atoms with E-state index >= 15 is 0 Å². The van der Waals surface area contributed by atoms with Crippen LogP contribution in [0.1, 0.15) is 23.8 Å². The van der Waals surface area contributed by atoms with Crippen LogP contribution in [0.15, 0.2) is 54.6 Å². The summed E-state index contributed by atoms with van der Waals surface area (Å²) in [5, 5.41) is 12.2. The number of aryl methyl sites for hydroxylation is 1. The molecule has 1 heterocycles. The average Bonchev–Trinajstić information content (AvgIpc) is 2.62. The highest BCUT2D eigenvalue weighted by Crippen LogP contribution is 2.24. The van der Waals surface area contributed by atoms with Crippen LogP contribution in [0.2, 0.25) is 0 Å². The number of ether oxygens (including phenoxy) is 2. The van der Waals surface area contributed by atoms with Crippen LogP contribution < -0.4 is 5.32 Å². The number of hydrogen-bond acceptors (Lipinski definition) is 4. The number of aromatic hydroxyl groups is 1. The van der Waals surface area contributed by atoms with Gasteiger partial charge in [0.15, 0.2) is 6.29 Å². The van der Waals surface area contributed by atoms with Crippen molar-refractivity contribution >= 4 is 5.91 Å². The van der Waals surface area contributed by atoms with Crippen LogP contribution >= 0.6 is 0 Å². The number of phenolic OH excluding ortho intramolecular Hbond substituents is 1. The van der Waals surface area contributed by atoms with E-state index in [-0.39, 0.29) is 17.7 Å². The van der Waals surface area contributed by atoms with E-state index in [0.29, 0.717) is 19.6 Å². The maximum Gasteiger partial charge on any atom is 0.220 e. The average molecular weight is 327 g/mol. The van der Waals surface area contributed by atoms with E-state index in [2.05, 4.69) is 5.32 Å². The fourth-order valence-corrected chi connectivity index (χ4v) is 2.61. The lowest BCUT2D eigenvalue weighted by Gasteiger charge is -2.30. The van der Waals surface area contributed by atoms with Crippen molar-refractivity contribution in [3.05, 3.63) is 65.7 Å². The Hall–Kier alpha value is -2.37. The number of phenols is 1. The quantitative estimate of drug-likeness (QED) is 0.886. The standard InChI is InChI=1S/C19H21NO4/c21-17-9-7-15(8-10-17)19-23-12-16(13-24-19)20-18(22)11-6-14-4-2-1-3-5-14/h1-5,7-10,16,19,21H,6,11-13H2,(H,20,22). The zero-order chi connectivity index (χ0) is 16.8. The van der Waals surface area contributed by atoms with E-state index in [1.54, 1.807) is 24.3 Å². The molecule has 0 atom stereocenters. The number of benzene rings is 2. The highest BCUT2D eigenvalue weighted by atomic mass is 16.7. The highest BCUT2D eigenvalue weighted by Gasteiger charge is 2.24. The minimum absolute atomic E-state index is 0.000800. The molecular weight excluding hydrogens is 306 g/mol. The van der Waals surface area contributed by atoms with Gasteiger partial charge in [0.2, 0.25) is 5.91 Å². The SMILES string of the molecule is O=C(CCc1ccccc1)NC1COC(c2ccc(O)cc2)OC1. The van der Waals surface area contributed by atoms with Crippen molar-refractivity contribution in [1.29, 1.82) is 0 Å². The Morgan fingerprint density at radius 3 is 2.38 bits per heavy atom. The predicted octanol–water partition coefficient (Wildman–Crippen LogP) is 2.56. The zero-order valence-corrected chi connectivity index (χ0v) is 13.4. The lowest BCUT2D eigenvalue weighted by Crippen LogP contribution is -2.45. The first-order chi connectivity index (χ1) is 11.7. The van der Waals surface area contributed by atoms with E-state index in [1.165, 1.54) is 0 Å². The summed E-state index contributed by atoms with van der Waals surface area (Å²) >= 11 is 0. The van der Waals surface area contributed by atoms with Crippen molar-refractivity contribution in [3.8, 4) is 5.75 Å². The van der Waals surface area contributed by atoms with E-state index in [9.17, 15) is 9.90 Å². The minimum Gasteiger partial charge on any atom is -0.508 e. The third kappa shape index (κ3) is 4.57. The van der Waals surface area contributed by atoms with Crippen LogP contribution in [0.25, 0.3) is 0 Å². The van der Waals surface area contributed by atoms with E-state index in [1.807, 2.05) is 30.3 Å². The first-order valence-electron chi connectivity index (χ1n) is 8.06. The van der Waals surface area contributed by atoms with Crippen LogP contribution in [-0.2, 0) is 20.7 Å². The maximum atomic E-state index is 12.0. The third-order valence-electron chi connectivity index (χ3n) is 3.91. The summed E-state index contributed by atoms with van der Waals surface area (Å²) in [6.07, 6.45) is 0.710. The Bertz CT molecular complexity index is 649. The zero-order valence-electron chi connectivity index (χ0n) is 13.4. The Morgan fingerprint density at radius 1 is 1.04 bits per heavy atom. The molecule has 0 aliphatic carbocycles. The minimum atomic E-state index is -0.455. The van der Waals surface area contributed by atoms with Crippen molar-refractivity contribution in [2.24, 2.45) is 0 Å². The largest absolute Gasteiger partial charge is 0.508 e. The summed E-state index contributed by atoms with van der Waals surface area (Å²) in [6, 6.07) is 16.5. The molecule has 24 heavy (non-hydrogen) atoms. The van der Waals surface area contributed by atoms with Gasteiger partial charge in [-0.3, -0.25) is 4.79 Å². The summed E-state index contributed by atoms with van der Waals surface area (Å²) in [5.41, 5.74) is 2.00. The predicted molar refractivity (Wildman–Crippen MR) is 89.4 cm³/mol. The van der Waals surface area contributed by atoms with Crippen LogP contribution in [0.5, 0.6) is 5.75 Å². The first-order valence-corrected chi connectivity index (χ1v) is 8.06. The fourth-order valence-electron chi connectivity index (χ4n) is 2.61. The molecule has 1 saturated heterocycles. The Labute approximate surface area is 141 Å². The summed E-state index contributed by atoms with van der Waals surface area (Å²) in [4.78, 5) is 12.0. The second-order valence-corrected chi connectivity index (χ2v) is 5.84. The highest BCUT2D eigenvalue weighted by molar-refractivity contribution is 5.76. The van der Waals surface area contributed by atoms with Crippen molar-refractivity contribution in [2.75, 3.05) is 13.2 Å². The monoisotopic (exact) mass is 327 g/mol. The van der Waals surface area contributed by atoms with Crippen LogP contribution in [-0.4, -0.2) is 30.3 Å². The molecule has 0 radical (unpaired) electrons. The van der Waals surface area contributed by atoms with Gasteiger partial charge in [-0.15, -0.1) is 0 Å². The van der Waals surface area contributed by atoms with Gasteiger partial charge in [0.05, 0.1) is 19.3 Å². The van der Waals surface area contributed by atoms with Gasteiger partial charge in [-0.1, -0.05) is 42.5 Å². The first kappa shape index (κ1) is 16.5. The number of carbonyl (C=O) groups is 1. The molecule has 3 rings (SSSR count). The van der Waals surface area contributed by atoms with E-state index in [4.69, 9.17) is 9.47 Å². The van der Waals surface area contributed by atoms with Gasteiger partial charge in [-0.25, -0.2) is 0 Å². The van der Waals surface area contributed by atoms with Crippen LogP contribution in [0, 0.1) is 0 Å². The molecule has 0 spiro atoms. The van der Waals surface area contributed by atoms with Gasteiger partial charge < -0.3 is 19.9 Å². The molecular formula is C19H21NO4. The van der Waals surface area contributed by atoms with Crippen molar-refractivity contribution < 1.29 is 19.4 Å². The fraction of sp³-hybridized carbons (Fsp3) is 0.316. The summed E-state index contributed by atoms with van der Waals surface area (Å²) in [6.45, 7) is 0.811. The normalized spacial score (nSPS) is 20.5. The number of rotatable bonds is 5. The van der Waals surface area contributed by atoms with Gasteiger partial charge in [0.25, 0.3) is 0 Å². The number of nitrogens with one attached hydrogen (secondary N) is 1. The number of hydrogen-bond donors (Lipinski definition) is 2.